The van der Waals surface area contributed by atoms with E-state index < -0.39 is 0 Å². The molecule has 0 spiro atoms. The molecule has 4 heteroatoms. The molecule has 0 aliphatic carbocycles. The highest BCUT2D eigenvalue weighted by Crippen LogP contribution is 2.23. The standard InChI is InChI=1S/C12H19N3O.C2H6/c1-10-13-5-4-11(14-10)15-6-7-16-9-12(2,3)8-15;1-2/h4-5H,6-9H2,1-3H3;1-2H3. The zero-order chi connectivity index (χ0) is 13.6. The third-order valence-corrected chi connectivity index (χ3v) is 2.70. The van der Waals surface area contributed by atoms with Gasteiger partial charge in [0.05, 0.1) is 13.2 Å². The molecular weight excluding hydrogens is 226 g/mol. The van der Waals surface area contributed by atoms with Gasteiger partial charge in [-0.25, -0.2) is 9.97 Å². The zero-order valence-corrected chi connectivity index (χ0v) is 12.2. The lowest BCUT2D eigenvalue weighted by Crippen LogP contribution is -2.35. The van der Waals surface area contributed by atoms with Gasteiger partial charge in [0.25, 0.3) is 0 Å². The van der Waals surface area contributed by atoms with Gasteiger partial charge in [0.1, 0.15) is 11.6 Å². The fourth-order valence-electron chi connectivity index (χ4n) is 1.98. The molecule has 0 unspecified atom stereocenters. The van der Waals surface area contributed by atoms with Gasteiger partial charge in [-0.3, -0.25) is 0 Å². The Labute approximate surface area is 110 Å². The van der Waals surface area contributed by atoms with Gasteiger partial charge >= 0.3 is 0 Å². The lowest BCUT2D eigenvalue weighted by Gasteiger charge is -2.29. The van der Waals surface area contributed by atoms with Crippen LogP contribution in [-0.4, -0.2) is 36.3 Å². The van der Waals surface area contributed by atoms with Crippen molar-refractivity contribution in [3.8, 4) is 0 Å². The number of aryl methyl sites for hydroxylation is 1. The highest BCUT2D eigenvalue weighted by molar-refractivity contribution is 5.37. The summed E-state index contributed by atoms with van der Waals surface area (Å²) in [5.74, 6) is 1.83. The molecule has 0 N–H and O–H groups in total. The Kier molecular flexibility index (Phi) is 5.54. The van der Waals surface area contributed by atoms with Crippen LogP contribution < -0.4 is 4.90 Å². The second-order valence-electron chi connectivity index (χ2n) is 5.10. The van der Waals surface area contributed by atoms with Crippen LogP contribution in [0.2, 0.25) is 0 Å². The van der Waals surface area contributed by atoms with Crippen LogP contribution in [0.25, 0.3) is 0 Å². The molecule has 0 bridgehead atoms. The average Bonchev–Trinajstić information content (AvgIpc) is 2.53. The van der Waals surface area contributed by atoms with Crippen LogP contribution in [0.15, 0.2) is 12.3 Å². The van der Waals surface area contributed by atoms with Crippen molar-refractivity contribution in [3.05, 3.63) is 18.1 Å². The quantitative estimate of drug-likeness (QED) is 0.769. The van der Waals surface area contributed by atoms with Crippen molar-refractivity contribution in [2.75, 3.05) is 31.2 Å². The highest BCUT2D eigenvalue weighted by atomic mass is 16.5. The number of hydrogen-bond donors (Lipinski definition) is 0. The maximum Gasteiger partial charge on any atom is 0.132 e. The normalized spacial score (nSPS) is 18.6. The Morgan fingerprint density at radius 3 is 2.72 bits per heavy atom. The number of hydrogen-bond acceptors (Lipinski definition) is 4. The van der Waals surface area contributed by atoms with E-state index in [2.05, 4.69) is 28.7 Å². The van der Waals surface area contributed by atoms with E-state index in [-0.39, 0.29) is 5.41 Å². The number of anilines is 1. The fraction of sp³-hybridized carbons (Fsp3) is 0.714. The maximum atomic E-state index is 5.61. The predicted molar refractivity (Wildman–Crippen MR) is 74.9 cm³/mol. The first-order valence-corrected chi connectivity index (χ1v) is 6.69. The molecule has 1 fully saturated rings. The molecular formula is C14H25N3O. The summed E-state index contributed by atoms with van der Waals surface area (Å²) in [6.45, 7) is 13.8. The van der Waals surface area contributed by atoms with Crippen molar-refractivity contribution >= 4 is 5.82 Å². The molecule has 2 heterocycles. The molecule has 18 heavy (non-hydrogen) atoms. The summed E-state index contributed by atoms with van der Waals surface area (Å²) in [7, 11) is 0. The Hall–Kier alpha value is -1.16. The van der Waals surface area contributed by atoms with Crippen LogP contribution in [0.3, 0.4) is 0 Å². The fourth-order valence-corrected chi connectivity index (χ4v) is 1.98. The van der Waals surface area contributed by atoms with E-state index in [9.17, 15) is 0 Å². The molecule has 2 rings (SSSR count). The third kappa shape index (κ3) is 4.26. The highest BCUT2D eigenvalue weighted by Gasteiger charge is 2.26. The van der Waals surface area contributed by atoms with Gasteiger partial charge in [-0.2, -0.15) is 0 Å². The average molecular weight is 251 g/mol. The number of rotatable bonds is 1. The van der Waals surface area contributed by atoms with Crippen LogP contribution in [0, 0.1) is 12.3 Å². The summed E-state index contributed by atoms with van der Waals surface area (Å²) >= 11 is 0. The van der Waals surface area contributed by atoms with Gasteiger partial charge in [-0.15, -0.1) is 0 Å². The van der Waals surface area contributed by atoms with Crippen molar-refractivity contribution in [2.24, 2.45) is 5.41 Å². The van der Waals surface area contributed by atoms with Crippen molar-refractivity contribution in [1.29, 1.82) is 0 Å². The van der Waals surface area contributed by atoms with Gasteiger partial charge < -0.3 is 9.64 Å². The van der Waals surface area contributed by atoms with Crippen molar-refractivity contribution in [2.45, 2.75) is 34.6 Å². The van der Waals surface area contributed by atoms with Gasteiger partial charge in [0, 0.05) is 24.7 Å². The number of aromatic nitrogens is 2. The number of nitrogens with zero attached hydrogens (tertiary/aromatic N) is 3. The summed E-state index contributed by atoms with van der Waals surface area (Å²) in [4.78, 5) is 10.9. The molecule has 1 aromatic heterocycles. The van der Waals surface area contributed by atoms with Crippen LogP contribution >= 0.6 is 0 Å². The van der Waals surface area contributed by atoms with E-state index in [1.807, 2.05) is 33.0 Å². The summed E-state index contributed by atoms with van der Waals surface area (Å²) in [5, 5.41) is 0. The Bertz CT molecular complexity index is 366. The molecule has 0 saturated carbocycles. The molecule has 1 aliphatic rings. The summed E-state index contributed by atoms with van der Waals surface area (Å²) < 4.78 is 5.61. The molecule has 0 atom stereocenters. The van der Waals surface area contributed by atoms with E-state index in [1.165, 1.54) is 0 Å². The van der Waals surface area contributed by atoms with Gasteiger partial charge in [-0.1, -0.05) is 27.7 Å². The molecule has 4 nitrogen and oxygen atoms in total. The molecule has 1 aliphatic heterocycles. The second kappa shape index (κ2) is 6.69. The zero-order valence-electron chi connectivity index (χ0n) is 12.2. The first kappa shape index (κ1) is 14.9. The molecule has 0 radical (unpaired) electrons. The predicted octanol–water partition coefficient (Wildman–Crippen LogP) is 2.67. The second-order valence-corrected chi connectivity index (χ2v) is 5.10. The van der Waals surface area contributed by atoms with Crippen molar-refractivity contribution < 1.29 is 4.74 Å². The van der Waals surface area contributed by atoms with E-state index in [0.29, 0.717) is 0 Å². The van der Waals surface area contributed by atoms with Crippen molar-refractivity contribution in [1.82, 2.24) is 9.97 Å². The minimum absolute atomic E-state index is 0.176. The Balaban J connectivity index is 0.000000771. The molecule has 1 saturated heterocycles. The molecule has 1 aromatic rings. The van der Waals surface area contributed by atoms with E-state index in [4.69, 9.17) is 4.74 Å². The van der Waals surface area contributed by atoms with Crippen LogP contribution in [-0.2, 0) is 4.74 Å². The summed E-state index contributed by atoms with van der Waals surface area (Å²) in [5.41, 5.74) is 0.176. The first-order chi connectivity index (χ1) is 8.57. The van der Waals surface area contributed by atoms with E-state index >= 15 is 0 Å². The Morgan fingerprint density at radius 2 is 2.06 bits per heavy atom. The van der Waals surface area contributed by atoms with Gasteiger partial charge in [-0.05, 0) is 13.0 Å². The Morgan fingerprint density at radius 1 is 1.33 bits per heavy atom. The molecule has 0 aromatic carbocycles. The molecule has 0 amide bonds. The first-order valence-electron chi connectivity index (χ1n) is 6.69. The van der Waals surface area contributed by atoms with Crippen LogP contribution in [0.4, 0.5) is 5.82 Å². The minimum atomic E-state index is 0.176. The summed E-state index contributed by atoms with van der Waals surface area (Å²) in [6, 6.07) is 1.97. The van der Waals surface area contributed by atoms with Crippen molar-refractivity contribution in [3.63, 3.8) is 0 Å². The number of ether oxygens (including phenoxy) is 1. The van der Waals surface area contributed by atoms with Crippen LogP contribution in [0.5, 0.6) is 0 Å². The third-order valence-electron chi connectivity index (χ3n) is 2.70. The maximum absolute atomic E-state index is 5.61. The topological polar surface area (TPSA) is 38.2 Å². The lowest BCUT2D eigenvalue weighted by molar-refractivity contribution is 0.0893. The van der Waals surface area contributed by atoms with E-state index in [1.54, 1.807) is 0 Å². The van der Waals surface area contributed by atoms with E-state index in [0.717, 1.165) is 37.9 Å². The SMILES string of the molecule is CC.Cc1nccc(N2CCOCC(C)(C)C2)n1. The minimum Gasteiger partial charge on any atom is -0.379 e. The van der Waals surface area contributed by atoms with Gasteiger partial charge in [0.15, 0.2) is 0 Å². The van der Waals surface area contributed by atoms with Crippen LogP contribution in [0.1, 0.15) is 33.5 Å². The monoisotopic (exact) mass is 251 g/mol. The lowest BCUT2D eigenvalue weighted by atomic mass is 9.94. The van der Waals surface area contributed by atoms with Gasteiger partial charge in [0.2, 0.25) is 0 Å². The summed E-state index contributed by atoms with van der Waals surface area (Å²) in [6.07, 6.45) is 1.82. The smallest absolute Gasteiger partial charge is 0.132 e. The molecule has 102 valence electrons. The largest absolute Gasteiger partial charge is 0.379 e.